The van der Waals surface area contributed by atoms with Gasteiger partial charge < -0.3 is 14.9 Å². The second kappa shape index (κ2) is 6.85. The van der Waals surface area contributed by atoms with Crippen LogP contribution < -0.4 is 9.80 Å². The molecule has 0 radical (unpaired) electrons. The van der Waals surface area contributed by atoms with Crippen LogP contribution in [0.1, 0.15) is 31.8 Å². The highest BCUT2D eigenvalue weighted by molar-refractivity contribution is 6.28. The number of aliphatic hydroxyl groups excluding tert-OH is 1. The molecule has 6 heteroatoms. The quantitative estimate of drug-likeness (QED) is 0.684. The fourth-order valence-electron chi connectivity index (χ4n) is 4.45. The van der Waals surface area contributed by atoms with Crippen molar-refractivity contribution in [1.82, 2.24) is 4.90 Å². The number of hydrogen-bond donors (Lipinski definition) is 1. The molecule has 6 nitrogen and oxygen atoms in total. The first kappa shape index (κ1) is 18.6. The number of nitrogens with zero attached hydrogens (tertiary/aromatic N) is 3. The average Bonchev–Trinajstić information content (AvgIpc) is 2.89. The van der Waals surface area contributed by atoms with Gasteiger partial charge in [0.1, 0.15) is 0 Å². The van der Waals surface area contributed by atoms with Gasteiger partial charge in [-0.2, -0.15) is 0 Å². The summed E-state index contributed by atoms with van der Waals surface area (Å²) in [6.07, 6.45) is 0. The summed E-state index contributed by atoms with van der Waals surface area (Å²) in [7, 11) is 4.09. The van der Waals surface area contributed by atoms with Gasteiger partial charge in [-0.1, -0.05) is 24.3 Å². The molecule has 1 N–H and O–H groups in total. The number of benzene rings is 3. The first-order valence-corrected chi connectivity index (χ1v) is 10.1. The van der Waals surface area contributed by atoms with Crippen LogP contribution in [0.3, 0.4) is 0 Å². The first-order chi connectivity index (χ1) is 14.5. The molecule has 0 unspecified atom stereocenters. The minimum Gasteiger partial charge on any atom is -0.392 e. The van der Waals surface area contributed by atoms with Gasteiger partial charge in [0.05, 0.1) is 13.2 Å². The van der Waals surface area contributed by atoms with Gasteiger partial charge >= 0.3 is 0 Å². The zero-order chi connectivity index (χ0) is 21.0. The largest absolute Gasteiger partial charge is 0.392 e. The maximum absolute atomic E-state index is 13.4. The summed E-state index contributed by atoms with van der Waals surface area (Å²) in [6, 6.07) is 15.0. The van der Waals surface area contributed by atoms with E-state index in [0.717, 1.165) is 46.4 Å². The molecule has 0 spiro atoms. The summed E-state index contributed by atoms with van der Waals surface area (Å²) in [5.41, 5.74) is 4.87. The molecule has 152 valence electrons. The number of aliphatic hydroxyl groups is 1. The van der Waals surface area contributed by atoms with Gasteiger partial charge in [-0.15, -0.1) is 0 Å². The van der Waals surface area contributed by atoms with Crippen LogP contribution in [0.25, 0.3) is 10.8 Å². The van der Waals surface area contributed by atoms with E-state index in [-0.39, 0.29) is 25.0 Å². The zero-order valence-electron chi connectivity index (χ0n) is 17.1. The fourth-order valence-corrected chi connectivity index (χ4v) is 4.45. The Balaban J connectivity index is 1.64. The van der Waals surface area contributed by atoms with Crippen LogP contribution in [0.2, 0.25) is 0 Å². The van der Waals surface area contributed by atoms with Crippen molar-refractivity contribution in [2.75, 3.05) is 37.0 Å². The molecule has 2 amide bonds. The van der Waals surface area contributed by atoms with Gasteiger partial charge in [0.25, 0.3) is 11.8 Å². The third-order valence-corrected chi connectivity index (χ3v) is 6.21. The second-order valence-electron chi connectivity index (χ2n) is 8.03. The van der Waals surface area contributed by atoms with Crippen molar-refractivity contribution in [3.63, 3.8) is 0 Å². The summed E-state index contributed by atoms with van der Waals surface area (Å²) in [5, 5.41) is 11.0. The second-order valence-corrected chi connectivity index (χ2v) is 8.03. The Kier molecular flexibility index (Phi) is 4.25. The lowest BCUT2D eigenvalue weighted by Gasteiger charge is -2.29. The lowest BCUT2D eigenvalue weighted by atomic mass is 9.91. The van der Waals surface area contributed by atoms with Gasteiger partial charge in [-0.3, -0.25) is 14.5 Å². The number of imide groups is 1. The Morgan fingerprint density at radius 2 is 1.23 bits per heavy atom. The van der Waals surface area contributed by atoms with Gasteiger partial charge in [0.15, 0.2) is 0 Å². The van der Waals surface area contributed by atoms with Crippen molar-refractivity contribution in [2.45, 2.75) is 13.2 Å². The van der Waals surface area contributed by atoms with E-state index in [1.807, 2.05) is 62.6 Å². The van der Waals surface area contributed by atoms with Crippen molar-refractivity contribution in [1.29, 1.82) is 0 Å². The number of anilines is 2. The minimum atomic E-state index is -0.267. The lowest BCUT2D eigenvalue weighted by Crippen LogP contribution is -2.39. The molecule has 0 bridgehead atoms. The molecule has 30 heavy (non-hydrogen) atoms. The molecule has 0 saturated carbocycles. The van der Waals surface area contributed by atoms with Gasteiger partial charge in [-0.25, -0.2) is 0 Å². The van der Waals surface area contributed by atoms with Gasteiger partial charge in [0, 0.05) is 60.5 Å². The molecular formula is C24H23N3O3. The van der Waals surface area contributed by atoms with E-state index in [1.54, 1.807) is 0 Å². The smallest absolute Gasteiger partial charge is 0.261 e. The highest BCUT2D eigenvalue weighted by Gasteiger charge is 2.35. The average molecular weight is 401 g/mol. The highest BCUT2D eigenvalue weighted by Crippen LogP contribution is 2.42. The maximum Gasteiger partial charge on any atom is 0.261 e. The molecule has 0 fully saturated rings. The maximum atomic E-state index is 13.4. The third kappa shape index (κ3) is 2.68. The van der Waals surface area contributed by atoms with Crippen molar-refractivity contribution in [2.24, 2.45) is 0 Å². The third-order valence-electron chi connectivity index (χ3n) is 6.21. The van der Waals surface area contributed by atoms with E-state index in [2.05, 4.69) is 9.80 Å². The Morgan fingerprint density at radius 1 is 0.733 bits per heavy atom. The molecule has 2 heterocycles. The molecule has 0 aliphatic carbocycles. The number of hydrogen-bond acceptors (Lipinski definition) is 5. The minimum absolute atomic E-state index is 0.0369. The van der Waals surface area contributed by atoms with Crippen molar-refractivity contribution in [3.8, 4) is 0 Å². The van der Waals surface area contributed by atoms with E-state index in [0.29, 0.717) is 11.1 Å². The van der Waals surface area contributed by atoms with Crippen LogP contribution in [-0.4, -0.2) is 49.0 Å². The van der Waals surface area contributed by atoms with E-state index >= 15 is 0 Å². The molecule has 0 saturated heterocycles. The number of carbonyl (C=O) groups is 2. The lowest BCUT2D eigenvalue weighted by molar-refractivity contribution is 0.0598. The Labute approximate surface area is 174 Å². The van der Waals surface area contributed by atoms with E-state index in [4.69, 9.17) is 0 Å². The summed E-state index contributed by atoms with van der Waals surface area (Å²) in [4.78, 5) is 32.4. The predicted octanol–water partition coefficient (Wildman–Crippen LogP) is 3.01. The number of rotatable bonds is 3. The van der Waals surface area contributed by atoms with E-state index < -0.39 is 0 Å². The zero-order valence-corrected chi connectivity index (χ0v) is 17.1. The molecule has 5 rings (SSSR count). The SMILES string of the molecule is CN1CCN(C)c2ccc3c4c(ccc1c24)C(=O)N(Cc1ccc(CO)cc1)C3=O. The molecule has 2 aliphatic heterocycles. The molecule has 2 aliphatic rings. The standard InChI is InChI=1S/C24H23N3O3/c1-25-11-12-26(2)20-10-8-18-21-17(7-9-19(25)22(20)21)23(29)27(24(18)30)13-15-3-5-16(14-28)6-4-15/h3-10,28H,11-14H2,1-2H3. The van der Waals surface area contributed by atoms with Crippen molar-refractivity contribution >= 4 is 34.0 Å². The van der Waals surface area contributed by atoms with Crippen molar-refractivity contribution in [3.05, 3.63) is 70.8 Å². The van der Waals surface area contributed by atoms with Crippen LogP contribution in [0.15, 0.2) is 48.5 Å². The monoisotopic (exact) mass is 401 g/mol. The van der Waals surface area contributed by atoms with Crippen LogP contribution in [0, 0.1) is 0 Å². The Bertz CT molecular complexity index is 1120. The Morgan fingerprint density at radius 3 is 1.73 bits per heavy atom. The first-order valence-electron chi connectivity index (χ1n) is 10.1. The van der Waals surface area contributed by atoms with Crippen LogP contribution in [0.5, 0.6) is 0 Å². The topological polar surface area (TPSA) is 64.1 Å². The summed E-state index contributed by atoms with van der Waals surface area (Å²) >= 11 is 0. The van der Waals surface area contributed by atoms with Gasteiger partial charge in [0.2, 0.25) is 0 Å². The van der Waals surface area contributed by atoms with Gasteiger partial charge in [-0.05, 0) is 35.4 Å². The van der Waals surface area contributed by atoms with Crippen LogP contribution in [0.4, 0.5) is 11.4 Å². The molecule has 0 atom stereocenters. The van der Waals surface area contributed by atoms with Crippen LogP contribution >= 0.6 is 0 Å². The molecule has 3 aromatic carbocycles. The molecule has 3 aromatic rings. The summed E-state index contributed by atoms with van der Waals surface area (Å²) in [5.74, 6) is -0.533. The molecular weight excluding hydrogens is 378 g/mol. The Hall–Kier alpha value is -3.38. The molecule has 0 aromatic heterocycles. The predicted molar refractivity (Wildman–Crippen MR) is 117 cm³/mol. The highest BCUT2D eigenvalue weighted by atomic mass is 16.3. The fraction of sp³-hybridized carbons (Fsp3) is 0.250. The number of likely N-dealkylation sites (N-methyl/N-ethyl adjacent to an activating group) is 2. The van der Waals surface area contributed by atoms with Crippen LogP contribution in [-0.2, 0) is 13.2 Å². The van der Waals surface area contributed by atoms with E-state index in [9.17, 15) is 14.7 Å². The van der Waals surface area contributed by atoms with E-state index in [1.165, 1.54) is 4.90 Å². The number of amides is 2. The summed E-state index contributed by atoms with van der Waals surface area (Å²) in [6.45, 7) is 1.90. The normalized spacial score (nSPS) is 15.8. The van der Waals surface area contributed by atoms with Crippen molar-refractivity contribution < 1.29 is 14.7 Å². The number of carbonyl (C=O) groups excluding carboxylic acids is 2. The summed E-state index contributed by atoms with van der Waals surface area (Å²) < 4.78 is 0.